The zero-order valence-electron chi connectivity index (χ0n) is 15.0. The zero-order valence-corrected chi connectivity index (χ0v) is 15.8. The highest BCUT2D eigenvalue weighted by atomic mass is 32.2. The molecule has 0 fully saturated rings. The highest BCUT2D eigenvalue weighted by Gasteiger charge is 2.26. The summed E-state index contributed by atoms with van der Waals surface area (Å²) in [5.41, 5.74) is -1.13. The van der Waals surface area contributed by atoms with Crippen LogP contribution in [0.25, 0.3) is 0 Å². The summed E-state index contributed by atoms with van der Waals surface area (Å²) in [6.45, 7) is 7.64. The standard InChI is InChI=1S/C19H27N3O2S/c1-4-20-18(22-14-19(3,23)17-11-8-12-24-17)21-13-15(2)25-16-9-6-5-7-10-16/h5-12,15,23H,4,13-14H2,1-3H3,(H2,20,21,22). The molecule has 0 radical (unpaired) electrons. The van der Waals surface area contributed by atoms with Crippen LogP contribution in [0.1, 0.15) is 26.5 Å². The molecule has 136 valence electrons. The first-order valence-electron chi connectivity index (χ1n) is 8.51. The molecule has 6 heteroatoms. The van der Waals surface area contributed by atoms with Crippen molar-refractivity contribution in [3.63, 3.8) is 0 Å². The summed E-state index contributed by atoms with van der Waals surface area (Å²) >= 11 is 1.82. The lowest BCUT2D eigenvalue weighted by atomic mass is 10.0. The largest absolute Gasteiger partial charge is 0.466 e. The van der Waals surface area contributed by atoms with E-state index in [4.69, 9.17) is 4.42 Å². The third kappa shape index (κ3) is 6.48. The van der Waals surface area contributed by atoms with Crippen molar-refractivity contribution in [3.8, 4) is 0 Å². The minimum atomic E-state index is -1.13. The molecule has 0 saturated heterocycles. The fraction of sp³-hybridized carbons (Fsp3) is 0.421. The first-order chi connectivity index (χ1) is 12.0. The smallest absolute Gasteiger partial charge is 0.191 e. The lowest BCUT2D eigenvalue weighted by molar-refractivity contribution is 0.0437. The maximum atomic E-state index is 10.5. The van der Waals surface area contributed by atoms with E-state index < -0.39 is 5.60 Å². The maximum Gasteiger partial charge on any atom is 0.191 e. The third-order valence-electron chi connectivity index (χ3n) is 3.58. The van der Waals surface area contributed by atoms with Crippen molar-refractivity contribution in [3.05, 3.63) is 54.5 Å². The van der Waals surface area contributed by atoms with Crippen LogP contribution < -0.4 is 10.6 Å². The predicted octanol–water partition coefficient (Wildman–Crippen LogP) is 3.22. The van der Waals surface area contributed by atoms with Gasteiger partial charge >= 0.3 is 0 Å². The first kappa shape index (κ1) is 19.4. The van der Waals surface area contributed by atoms with Crippen LogP contribution in [0, 0.1) is 0 Å². The van der Waals surface area contributed by atoms with Gasteiger partial charge in [0, 0.05) is 23.2 Å². The molecule has 25 heavy (non-hydrogen) atoms. The molecule has 1 heterocycles. The number of aliphatic hydroxyl groups is 1. The van der Waals surface area contributed by atoms with Gasteiger partial charge in [0.25, 0.3) is 0 Å². The van der Waals surface area contributed by atoms with Crippen LogP contribution in [0.3, 0.4) is 0 Å². The third-order valence-corrected chi connectivity index (χ3v) is 4.69. The maximum absolute atomic E-state index is 10.5. The Bertz CT molecular complexity index is 642. The topological polar surface area (TPSA) is 69.8 Å². The number of thioether (sulfide) groups is 1. The number of aliphatic imine (C=N–C) groups is 1. The number of nitrogens with one attached hydrogen (secondary N) is 2. The lowest BCUT2D eigenvalue weighted by Gasteiger charge is -2.20. The highest BCUT2D eigenvalue weighted by molar-refractivity contribution is 8.00. The molecule has 2 aromatic rings. The van der Waals surface area contributed by atoms with Crippen LogP contribution in [0.5, 0.6) is 0 Å². The molecule has 0 bridgehead atoms. The molecule has 5 nitrogen and oxygen atoms in total. The van der Waals surface area contributed by atoms with E-state index in [9.17, 15) is 5.11 Å². The molecule has 3 N–H and O–H groups in total. The van der Waals surface area contributed by atoms with Crippen molar-refractivity contribution in [1.29, 1.82) is 0 Å². The van der Waals surface area contributed by atoms with Crippen LogP contribution in [0.4, 0.5) is 0 Å². The Balaban J connectivity index is 1.89. The van der Waals surface area contributed by atoms with E-state index in [-0.39, 0.29) is 6.54 Å². The average molecular weight is 362 g/mol. The molecule has 0 saturated carbocycles. The SMILES string of the molecule is CCNC(=NCC(C)(O)c1ccco1)NCC(C)Sc1ccccc1. The number of nitrogens with zero attached hydrogens (tertiary/aromatic N) is 1. The molecule has 0 aliphatic rings. The molecular weight excluding hydrogens is 334 g/mol. The van der Waals surface area contributed by atoms with Gasteiger partial charge in [0.1, 0.15) is 11.4 Å². The van der Waals surface area contributed by atoms with Crippen molar-refractivity contribution in [2.24, 2.45) is 4.99 Å². The Morgan fingerprint density at radius 2 is 2.00 bits per heavy atom. The molecular formula is C19H27N3O2S. The van der Waals surface area contributed by atoms with Gasteiger partial charge in [-0.05, 0) is 38.1 Å². The van der Waals surface area contributed by atoms with Gasteiger partial charge in [-0.25, -0.2) is 4.99 Å². The summed E-state index contributed by atoms with van der Waals surface area (Å²) < 4.78 is 5.29. The second-order valence-corrected chi connectivity index (χ2v) is 7.58. The summed E-state index contributed by atoms with van der Waals surface area (Å²) in [6.07, 6.45) is 1.56. The quantitative estimate of drug-likeness (QED) is 0.383. The number of rotatable bonds is 8. The van der Waals surface area contributed by atoms with Gasteiger partial charge in [-0.15, -0.1) is 11.8 Å². The van der Waals surface area contributed by atoms with Crippen LogP contribution in [0.15, 0.2) is 63.0 Å². The van der Waals surface area contributed by atoms with Crippen LogP contribution in [0.2, 0.25) is 0 Å². The summed E-state index contributed by atoms with van der Waals surface area (Å²) in [5, 5.41) is 17.4. The minimum Gasteiger partial charge on any atom is -0.466 e. The van der Waals surface area contributed by atoms with Gasteiger partial charge in [-0.3, -0.25) is 0 Å². The number of furan rings is 1. The van der Waals surface area contributed by atoms with E-state index in [0.29, 0.717) is 17.0 Å². The van der Waals surface area contributed by atoms with Crippen LogP contribution in [-0.4, -0.2) is 36.0 Å². The second kappa shape index (κ2) is 9.53. The first-order valence-corrected chi connectivity index (χ1v) is 9.39. The van der Waals surface area contributed by atoms with Crippen molar-refractivity contribution in [1.82, 2.24) is 10.6 Å². The average Bonchev–Trinajstić information content (AvgIpc) is 3.14. The van der Waals surface area contributed by atoms with Crippen molar-refractivity contribution in [2.75, 3.05) is 19.6 Å². The lowest BCUT2D eigenvalue weighted by Crippen LogP contribution is -2.41. The number of hydrogen-bond donors (Lipinski definition) is 3. The van der Waals surface area contributed by atoms with E-state index in [1.165, 1.54) is 4.90 Å². The summed E-state index contributed by atoms with van der Waals surface area (Å²) in [4.78, 5) is 5.74. The Morgan fingerprint density at radius 3 is 2.64 bits per heavy atom. The Hall–Kier alpha value is -1.92. The number of benzene rings is 1. The van der Waals surface area contributed by atoms with Gasteiger partial charge in [0.15, 0.2) is 5.96 Å². The summed E-state index contributed by atoms with van der Waals surface area (Å²) in [5.74, 6) is 1.20. The van der Waals surface area contributed by atoms with E-state index in [2.05, 4.69) is 34.7 Å². The molecule has 0 amide bonds. The number of hydrogen-bond acceptors (Lipinski definition) is 4. The molecule has 1 aromatic heterocycles. The van der Waals surface area contributed by atoms with Crippen molar-refractivity contribution >= 4 is 17.7 Å². The normalized spacial score (nSPS) is 15.4. The molecule has 0 spiro atoms. The van der Waals surface area contributed by atoms with Crippen molar-refractivity contribution in [2.45, 2.75) is 36.5 Å². The zero-order chi connectivity index (χ0) is 18.1. The van der Waals surface area contributed by atoms with E-state index in [0.717, 1.165) is 13.1 Å². The van der Waals surface area contributed by atoms with Crippen LogP contribution in [-0.2, 0) is 5.60 Å². The van der Waals surface area contributed by atoms with Gasteiger partial charge in [0.2, 0.25) is 0 Å². The fourth-order valence-corrected chi connectivity index (χ4v) is 3.20. The van der Waals surface area contributed by atoms with Gasteiger partial charge in [-0.2, -0.15) is 0 Å². The summed E-state index contributed by atoms with van der Waals surface area (Å²) in [6, 6.07) is 13.9. The molecule has 2 unspecified atom stereocenters. The monoisotopic (exact) mass is 361 g/mol. The second-order valence-electron chi connectivity index (χ2n) is 6.07. The fourth-order valence-electron chi connectivity index (χ4n) is 2.25. The molecule has 2 rings (SSSR count). The predicted molar refractivity (Wildman–Crippen MR) is 104 cm³/mol. The Labute approximate surface area is 153 Å². The van der Waals surface area contributed by atoms with E-state index in [1.807, 2.05) is 36.9 Å². The Kier molecular flexibility index (Phi) is 7.40. The summed E-state index contributed by atoms with van der Waals surface area (Å²) in [7, 11) is 0. The van der Waals surface area contributed by atoms with Gasteiger partial charge < -0.3 is 20.2 Å². The van der Waals surface area contributed by atoms with Gasteiger partial charge in [-0.1, -0.05) is 25.1 Å². The Morgan fingerprint density at radius 1 is 1.24 bits per heavy atom. The molecule has 1 aromatic carbocycles. The highest BCUT2D eigenvalue weighted by Crippen LogP contribution is 2.22. The van der Waals surface area contributed by atoms with Crippen LogP contribution >= 0.6 is 11.8 Å². The van der Waals surface area contributed by atoms with Gasteiger partial charge in [0.05, 0.1) is 12.8 Å². The minimum absolute atomic E-state index is 0.218. The van der Waals surface area contributed by atoms with E-state index >= 15 is 0 Å². The van der Waals surface area contributed by atoms with Crippen molar-refractivity contribution < 1.29 is 9.52 Å². The molecule has 0 aliphatic carbocycles. The molecule has 0 aliphatic heterocycles. The van der Waals surface area contributed by atoms with E-state index in [1.54, 1.807) is 25.3 Å². The number of guanidine groups is 1. The molecule has 2 atom stereocenters.